The fraction of sp³-hybridized carbons (Fsp3) is 0.214. The number of thioether (sulfide) groups is 1. The van der Waals surface area contributed by atoms with Crippen molar-refractivity contribution in [3.63, 3.8) is 0 Å². The Bertz CT molecular complexity index is 671. The number of hydrogen-bond donors (Lipinski definition) is 3. The first-order chi connectivity index (χ1) is 10.4. The highest BCUT2D eigenvalue weighted by Gasteiger charge is 2.31. The van der Waals surface area contributed by atoms with Gasteiger partial charge in [-0.3, -0.25) is 14.5 Å². The van der Waals surface area contributed by atoms with E-state index in [4.69, 9.17) is 17.3 Å². The van der Waals surface area contributed by atoms with Gasteiger partial charge in [0.1, 0.15) is 15.8 Å². The summed E-state index contributed by atoms with van der Waals surface area (Å²) < 4.78 is 0.348. The molecule has 1 aliphatic heterocycles. The Morgan fingerprint density at radius 2 is 2.09 bits per heavy atom. The third-order valence-electron chi connectivity index (χ3n) is 2.94. The summed E-state index contributed by atoms with van der Waals surface area (Å²) in [6.07, 6.45) is 1.72. The van der Waals surface area contributed by atoms with Gasteiger partial charge in [-0.05, 0) is 30.7 Å². The number of thiocarbonyl (C=S) groups is 1. The summed E-state index contributed by atoms with van der Waals surface area (Å²) >= 11 is 6.20. The highest BCUT2D eigenvalue weighted by atomic mass is 32.2. The maximum absolute atomic E-state index is 12.2. The first-order valence-electron chi connectivity index (χ1n) is 6.37. The molecule has 0 bridgehead atoms. The number of phenols is 2. The van der Waals surface area contributed by atoms with Crippen molar-refractivity contribution in [3.8, 4) is 11.5 Å². The fourth-order valence-corrected chi connectivity index (χ4v) is 3.18. The molecule has 8 heteroatoms. The van der Waals surface area contributed by atoms with E-state index in [1.807, 2.05) is 0 Å². The number of nitrogens with zero attached hydrogens (tertiary/aromatic N) is 1. The van der Waals surface area contributed by atoms with Crippen molar-refractivity contribution in [1.82, 2.24) is 4.90 Å². The third kappa shape index (κ3) is 3.77. The van der Waals surface area contributed by atoms with Crippen molar-refractivity contribution in [3.05, 3.63) is 28.7 Å². The second kappa shape index (κ2) is 6.80. The van der Waals surface area contributed by atoms with Crippen LogP contribution in [-0.4, -0.2) is 43.0 Å². The lowest BCUT2D eigenvalue weighted by molar-refractivity contribution is -0.137. The molecule has 116 valence electrons. The van der Waals surface area contributed by atoms with E-state index in [-0.39, 0.29) is 30.4 Å². The molecule has 0 atom stereocenters. The van der Waals surface area contributed by atoms with Crippen LogP contribution in [0.25, 0.3) is 6.08 Å². The van der Waals surface area contributed by atoms with E-state index in [2.05, 4.69) is 0 Å². The van der Waals surface area contributed by atoms with Gasteiger partial charge in [0.15, 0.2) is 0 Å². The maximum Gasteiger partial charge on any atom is 0.303 e. The Balaban J connectivity index is 2.15. The molecule has 6 nitrogen and oxygen atoms in total. The minimum Gasteiger partial charge on any atom is -0.508 e. The van der Waals surface area contributed by atoms with E-state index >= 15 is 0 Å². The molecule has 0 unspecified atom stereocenters. The van der Waals surface area contributed by atoms with Crippen LogP contribution in [0, 0.1) is 0 Å². The zero-order chi connectivity index (χ0) is 16.3. The number of benzene rings is 1. The van der Waals surface area contributed by atoms with Gasteiger partial charge in [-0.25, -0.2) is 0 Å². The average Bonchev–Trinajstić information content (AvgIpc) is 2.70. The van der Waals surface area contributed by atoms with E-state index in [1.54, 1.807) is 0 Å². The molecular formula is C14H13NO5S2. The van der Waals surface area contributed by atoms with Gasteiger partial charge in [0.05, 0.1) is 4.91 Å². The molecular weight excluding hydrogens is 326 g/mol. The van der Waals surface area contributed by atoms with E-state index in [1.165, 1.54) is 29.2 Å². The van der Waals surface area contributed by atoms with Crippen LogP contribution in [0.2, 0.25) is 0 Å². The van der Waals surface area contributed by atoms with Crippen LogP contribution in [0.3, 0.4) is 0 Å². The number of phenolic OH excluding ortho intramolecular Hbond substituents is 2. The molecule has 1 aliphatic rings. The summed E-state index contributed by atoms with van der Waals surface area (Å²) in [5.74, 6) is -1.34. The van der Waals surface area contributed by atoms with Crippen LogP contribution in [0.15, 0.2) is 23.1 Å². The number of hydrogen-bond acceptors (Lipinski definition) is 6. The molecule has 0 spiro atoms. The Morgan fingerprint density at radius 3 is 2.77 bits per heavy atom. The Labute approximate surface area is 136 Å². The van der Waals surface area contributed by atoms with Crippen LogP contribution in [-0.2, 0) is 9.59 Å². The number of aromatic hydroxyl groups is 2. The largest absolute Gasteiger partial charge is 0.508 e. The van der Waals surface area contributed by atoms with Gasteiger partial charge in [-0.15, -0.1) is 0 Å². The van der Waals surface area contributed by atoms with Crippen molar-refractivity contribution < 1.29 is 24.9 Å². The molecule has 3 N–H and O–H groups in total. The number of carboxylic acids is 1. The van der Waals surface area contributed by atoms with Crippen LogP contribution in [0.5, 0.6) is 11.5 Å². The average molecular weight is 339 g/mol. The van der Waals surface area contributed by atoms with Gasteiger partial charge in [-0.2, -0.15) is 0 Å². The van der Waals surface area contributed by atoms with Crippen molar-refractivity contribution in [1.29, 1.82) is 0 Å². The summed E-state index contributed by atoms with van der Waals surface area (Å²) in [4.78, 5) is 24.4. The second-order valence-electron chi connectivity index (χ2n) is 4.57. The summed E-state index contributed by atoms with van der Waals surface area (Å²) in [6, 6.07) is 4.00. The third-order valence-corrected chi connectivity index (χ3v) is 4.32. The van der Waals surface area contributed by atoms with Gasteiger partial charge < -0.3 is 15.3 Å². The van der Waals surface area contributed by atoms with Crippen LogP contribution in [0.4, 0.5) is 0 Å². The smallest absolute Gasteiger partial charge is 0.303 e. The molecule has 0 aliphatic carbocycles. The molecule has 1 heterocycles. The summed E-state index contributed by atoms with van der Waals surface area (Å²) in [6.45, 7) is 0.236. The van der Waals surface area contributed by atoms with Gasteiger partial charge >= 0.3 is 5.97 Å². The van der Waals surface area contributed by atoms with Crippen LogP contribution in [0.1, 0.15) is 18.4 Å². The normalized spacial score (nSPS) is 16.5. The number of amides is 1. The molecule has 0 saturated carbocycles. The quantitative estimate of drug-likeness (QED) is 0.429. The monoisotopic (exact) mass is 339 g/mol. The number of aliphatic carboxylic acids is 1. The Morgan fingerprint density at radius 1 is 1.36 bits per heavy atom. The molecule has 0 aromatic heterocycles. The predicted octanol–water partition coefficient (Wildman–Crippen LogP) is 2.16. The highest BCUT2D eigenvalue weighted by Crippen LogP contribution is 2.34. The number of rotatable bonds is 5. The molecule has 1 saturated heterocycles. The van der Waals surface area contributed by atoms with Crippen molar-refractivity contribution in [2.75, 3.05) is 6.54 Å². The first-order valence-corrected chi connectivity index (χ1v) is 7.60. The highest BCUT2D eigenvalue weighted by molar-refractivity contribution is 8.26. The van der Waals surface area contributed by atoms with E-state index in [9.17, 15) is 19.8 Å². The zero-order valence-corrected chi connectivity index (χ0v) is 13.0. The number of carboxylic acid groups (broad SMARTS) is 1. The SMILES string of the molecule is O=C(O)CCCN1C(=O)C(=Cc2cc(O)ccc2O)SC1=S. The van der Waals surface area contributed by atoms with Crippen LogP contribution >= 0.6 is 24.0 Å². The van der Waals surface area contributed by atoms with Gasteiger partial charge in [0.25, 0.3) is 5.91 Å². The minimum atomic E-state index is -0.925. The Kier molecular flexibility index (Phi) is 5.04. The van der Waals surface area contributed by atoms with Crippen molar-refractivity contribution >= 4 is 46.3 Å². The maximum atomic E-state index is 12.2. The lowest BCUT2D eigenvalue weighted by Crippen LogP contribution is -2.29. The van der Waals surface area contributed by atoms with E-state index in [0.29, 0.717) is 21.2 Å². The van der Waals surface area contributed by atoms with E-state index < -0.39 is 5.97 Å². The fourth-order valence-electron chi connectivity index (χ4n) is 1.88. The lowest BCUT2D eigenvalue weighted by Gasteiger charge is -2.13. The number of carbonyl (C=O) groups is 2. The molecule has 1 amide bonds. The van der Waals surface area contributed by atoms with Gasteiger partial charge in [0, 0.05) is 18.5 Å². The lowest BCUT2D eigenvalue weighted by atomic mass is 10.1. The number of carbonyl (C=O) groups excluding carboxylic acids is 1. The van der Waals surface area contributed by atoms with Crippen molar-refractivity contribution in [2.45, 2.75) is 12.8 Å². The molecule has 22 heavy (non-hydrogen) atoms. The van der Waals surface area contributed by atoms with Crippen LogP contribution < -0.4 is 0 Å². The Hall–Kier alpha value is -2.06. The zero-order valence-electron chi connectivity index (χ0n) is 11.4. The minimum absolute atomic E-state index is 0.0269. The first kappa shape index (κ1) is 16.3. The summed E-state index contributed by atoms with van der Waals surface area (Å²) in [5, 5.41) is 27.8. The molecule has 1 aromatic carbocycles. The van der Waals surface area contributed by atoms with E-state index in [0.717, 1.165) is 11.8 Å². The summed E-state index contributed by atoms with van der Waals surface area (Å²) in [7, 11) is 0. The second-order valence-corrected chi connectivity index (χ2v) is 6.25. The molecule has 0 radical (unpaired) electrons. The topological polar surface area (TPSA) is 98.1 Å². The molecule has 2 rings (SSSR count). The molecule has 1 aromatic rings. The van der Waals surface area contributed by atoms with Gasteiger partial charge in [0.2, 0.25) is 0 Å². The standard InChI is InChI=1S/C14H13NO5S2/c16-9-3-4-10(17)8(6-9)7-11-13(20)15(14(21)22-11)5-1-2-12(18)19/h3-4,6-7,16-17H,1-2,5H2,(H,18,19). The predicted molar refractivity (Wildman–Crippen MR) is 86.5 cm³/mol. The summed E-state index contributed by atoms with van der Waals surface area (Å²) in [5.41, 5.74) is 0.311. The van der Waals surface area contributed by atoms with Crippen molar-refractivity contribution in [2.24, 2.45) is 0 Å². The van der Waals surface area contributed by atoms with Gasteiger partial charge in [-0.1, -0.05) is 24.0 Å². The molecule has 1 fully saturated rings.